The summed E-state index contributed by atoms with van der Waals surface area (Å²) in [7, 11) is 7.80. The van der Waals surface area contributed by atoms with Crippen LogP contribution in [0, 0.1) is 0 Å². The van der Waals surface area contributed by atoms with Crippen LogP contribution >= 0.6 is 0 Å². The van der Waals surface area contributed by atoms with Crippen molar-refractivity contribution >= 4 is 22.9 Å². The second-order valence-electron chi connectivity index (χ2n) is 13.6. The first-order valence-electron chi connectivity index (χ1n) is 18.0. The third-order valence-electron chi connectivity index (χ3n) is 10.6. The minimum absolute atomic E-state index is 0.0124. The Balaban J connectivity index is 1.15. The van der Waals surface area contributed by atoms with E-state index in [1.807, 2.05) is 41.3 Å². The van der Waals surface area contributed by atoms with Gasteiger partial charge in [0.25, 0.3) is 5.91 Å². The van der Waals surface area contributed by atoms with Crippen molar-refractivity contribution in [1.82, 2.24) is 19.4 Å². The van der Waals surface area contributed by atoms with Gasteiger partial charge in [-0.3, -0.25) is 9.53 Å². The molecule has 12 nitrogen and oxygen atoms in total. The van der Waals surface area contributed by atoms with Gasteiger partial charge < -0.3 is 43.4 Å². The van der Waals surface area contributed by atoms with Crippen LogP contribution in [0.25, 0.3) is 11.0 Å². The van der Waals surface area contributed by atoms with E-state index in [-0.39, 0.29) is 23.9 Å². The molecule has 2 aliphatic heterocycles. The number of hydrogen-bond donors (Lipinski definition) is 1. The van der Waals surface area contributed by atoms with Crippen LogP contribution in [0.3, 0.4) is 0 Å². The van der Waals surface area contributed by atoms with Gasteiger partial charge in [-0.2, -0.15) is 0 Å². The van der Waals surface area contributed by atoms with Crippen molar-refractivity contribution in [1.29, 1.82) is 0 Å². The van der Waals surface area contributed by atoms with Crippen molar-refractivity contribution in [3.8, 4) is 28.7 Å². The number of aromatic nitrogens is 2. The fourth-order valence-corrected chi connectivity index (χ4v) is 7.70. The second-order valence-corrected chi connectivity index (χ2v) is 13.6. The summed E-state index contributed by atoms with van der Waals surface area (Å²) >= 11 is 0. The zero-order valence-electron chi connectivity index (χ0n) is 31.3. The number of benzene rings is 3. The zero-order valence-corrected chi connectivity index (χ0v) is 31.3. The molecule has 3 heterocycles. The Morgan fingerprint density at radius 3 is 2.19 bits per heavy atom. The van der Waals surface area contributed by atoms with E-state index in [2.05, 4.69) is 21.0 Å². The Labute approximate surface area is 313 Å². The van der Waals surface area contributed by atoms with E-state index in [0.29, 0.717) is 58.9 Å². The van der Waals surface area contributed by atoms with Crippen molar-refractivity contribution in [2.45, 2.75) is 50.0 Å². The van der Waals surface area contributed by atoms with E-state index in [0.717, 1.165) is 56.4 Å². The van der Waals surface area contributed by atoms with Crippen LogP contribution in [0.4, 0.5) is 19.1 Å². The molecule has 0 spiro atoms. The number of ether oxygens (including phenoxy) is 6. The number of imidazole rings is 1. The van der Waals surface area contributed by atoms with Crippen molar-refractivity contribution in [3.05, 3.63) is 65.7 Å². The highest BCUT2D eigenvalue weighted by Crippen LogP contribution is 2.43. The van der Waals surface area contributed by atoms with E-state index >= 15 is 0 Å². The van der Waals surface area contributed by atoms with E-state index in [9.17, 15) is 18.0 Å². The fourth-order valence-electron chi connectivity index (χ4n) is 7.70. The normalized spacial score (nSPS) is 18.2. The van der Waals surface area contributed by atoms with Crippen LogP contribution in [-0.2, 0) is 16.7 Å². The minimum Gasteiger partial charge on any atom is -0.493 e. The molecular formula is C39H48F3N5O7. The molecule has 1 N–H and O–H groups in total. The summed E-state index contributed by atoms with van der Waals surface area (Å²) in [5.74, 6) is 2.93. The maximum absolute atomic E-state index is 14.0. The number of likely N-dealkylation sites (tertiary alicyclic amines) is 2. The predicted molar refractivity (Wildman–Crippen MR) is 197 cm³/mol. The number of alkyl halides is 3. The average Bonchev–Trinajstić information content (AvgIpc) is 3.78. The maximum atomic E-state index is 14.0. The molecule has 2 saturated heterocycles. The van der Waals surface area contributed by atoms with Gasteiger partial charge >= 0.3 is 6.36 Å². The van der Waals surface area contributed by atoms with Crippen molar-refractivity contribution in [2.75, 3.05) is 80.2 Å². The lowest BCUT2D eigenvalue weighted by Crippen LogP contribution is -2.42. The molecule has 0 bridgehead atoms. The van der Waals surface area contributed by atoms with Gasteiger partial charge in [-0.05, 0) is 74.2 Å². The number of amides is 1. The molecule has 0 radical (unpaired) electrons. The molecule has 1 unspecified atom stereocenters. The van der Waals surface area contributed by atoms with Gasteiger partial charge in [0.1, 0.15) is 0 Å². The van der Waals surface area contributed by atoms with Crippen molar-refractivity contribution in [2.24, 2.45) is 0 Å². The molecule has 3 aromatic carbocycles. The van der Waals surface area contributed by atoms with Crippen LogP contribution in [0.15, 0.2) is 54.6 Å². The first-order valence-corrected chi connectivity index (χ1v) is 18.0. The molecule has 4 aromatic rings. The number of nitrogens with one attached hydrogen (secondary N) is 1. The molecule has 15 heteroatoms. The molecule has 0 aliphatic carbocycles. The number of methoxy groups -OCH3 is 5. The molecule has 2 fully saturated rings. The molecule has 1 amide bonds. The number of halogens is 3. The van der Waals surface area contributed by atoms with Gasteiger partial charge in [0.2, 0.25) is 11.7 Å². The number of anilines is 1. The van der Waals surface area contributed by atoms with Crippen LogP contribution in [0.5, 0.6) is 28.7 Å². The van der Waals surface area contributed by atoms with Gasteiger partial charge in [0, 0.05) is 49.7 Å². The average molecular weight is 756 g/mol. The highest BCUT2D eigenvalue weighted by molar-refractivity contribution is 5.96. The third kappa shape index (κ3) is 8.41. The van der Waals surface area contributed by atoms with Crippen LogP contribution in [0.2, 0.25) is 0 Å². The second kappa shape index (κ2) is 16.6. The largest absolute Gasteiger partial charge is 0.522 e. The number of carbonyl (C=O) groups is 1. The fraction of sp³-hybridized carbons (Fsp3) is 0.487. The number of rotatable bonds is 15. The number of carbonyl (C=O) groups excluding carboxylic acids is 1. The standard InChI is InChI=1S/C39H48F3N5O7/c1-49-31-11-10-27(24-32(31)50-2)38(15-19-46(25-38)36(48)26-22-33(51-3)35(53-5)34(23-26)52-4)14-18-45-16-12-28(13-17-45)43-37-44-29-8-6-7-9-30(29)47(37)20-21-54-39(40,41)42/h6-11,22-24,28H,12-21,25H2,1-5H3,(H,43,44). The van der Waals surface area contributed by atoms with Gasteiger partial charge in [-0.1, -0.05) is 18.2 Å². The van der Waals surface area contributed by atoms with Crippen LogP contribution in [-0.4, -0.2) is 113 Å². The summed E-state index contributed by atoms with van der Waals surface area (Å²) in [6.07, 6.45) is -1.48. The molecule has 1 aromatic heterocycles. The zero-order chi connectivity index (χ0) is 38.5. The van der Waals surface area contributed by atoms with Crippen molar-refractivity contribution in [3.63, 3.8) is 0 Å². The third-order valence-corrected chi connectivity index (χ3v) is 10.6. The highest BCUT2D eigenvalue weighted by Gasteiger charge is 2.42. The molecule has 292 valence electrons. The first-order chi connectivity index (χ1) is 26.0. The van der Waals surface area contributed by atoms with Crippen LogP contribution < -0.4 is 29.0 Å². The van der Waals surface area contributed by atoms with E-state index < -0.39 is 13.0 Å². The summed E-state index contributed by atoms with van der Waals surface area (Å²) in [6, 6.07) is 16.9. The topological polar surface area (TPSA) is 109 Å². The monoisotopic (exact) mass is 755 g/mol. The first kappa shape index (κ1) is 38.8. The summed E-state index contributed by atoms with van der Waals surface area (Å²) in [4.78, 5) is 23.1. The molecule has 54 heavy (non-hydrogen) atoms. The lowest BCUT2D eigenvalue weighted by atomic mass is 9.76. The summed E-state index contributed by atoms with van der Waals surface area (Å²) < 4.78 is 71.8. The Kier molecular flexibility index (Phi) is 12.0. The Morgan fingerprint density at radius 2 is 1.54 bits per heavy atom. The SMILES string of the molecule is COc1ccc(C2(CCN3CCC(Nc4nc5ccccc5n4CCOC(F)(F)F)CC3)CCN(C(=O)c3cc(OC)c(OC)c(OC)c3)C2)cc1OC. The van der Waals surface area contributed by atoms with E-state index in [4.69, 9.17) is 28.7 Å². The van der Waals surface area contributed by atoms with Gasteiger partial charge in [-0.25, -0.2) is 4.98 Å². The summed E-state index contributed by atoms with van der Waals surface area (Å²) in [5.41, 5.74) is 2.63. The smallest absolute Gasteiger partial charge is 0.493 e. The summed E-state index contributed by atoms with van der Waals surface area (Å²) in [5, 5.41) is 3.51. The quantitative estimate of drug-likeness (QED) is 0.147. The van der Waals surface area contributed by atoms with Crippen molar-refractivity contribution < 1.29 is 46.4 Å². The minimum atomic E-state index is -4.69. The lowest BCUT2D eigenvalue weighted by Gasteiger charge is -2.36. The molecule has 1 atom stereocenters. The Hall–Kier alpha value is -4.89. The predicted octanol–water partition coefficient (Wildman–Crippen LogP) is 6.37. The van der Waals surface area contributed by atoms with E-state index in [1.165, 1.54) is 21.3 Å². The number of nitrogens with zero attached hydrogens (tertiary/aromatic N) is 4. The number of para-hydroxylation sites is 2. The Morgan fingerprint density at radius 1 is 0.852 bits per heavy atom. The van der Waals surface area contributed by atoms with E-state index in [1.54, 1.807) is 30.9 Å². The van der Waals surface area contributed by atoms with Crippen LogP contribution in [0.1, 0.15) is 41.6 Å². The summed E-state index contributed by atoms with van der Waals surface area (Å²) in [6.45, 7) is 3.02. The number of fused-ring (bicyclic) bond motifs is 1. The molecule has 6 rings (SSSR count). The lowest BCUT2D eigenvalue weighted by molar-refractivity contribution is -0.325. The van der Waals surface area contributed by atoms with Gasteiger partial charge in [-0.15, -0.1) is 13.2 Å². The molecular weight excluding hydrogens is 707 g/mol. The molecule has 2 aliphatic rings. The highest BCUT2D eigenvalue weighted by atomic mass is 19.4. The number of piperidine rings is 1. The van der Waals surface area contributed by atoms with Gasteiger partial charge in [0.05, 0.1) is 53.2 Å². The number of hydrogen-bond acceptors (Lipinski definition) is 10. The Bertz CT molecular complexity index is 1890. The molecule has 0 saturated carbocycles. The van der Waals surface area contributed by atoms with Gasteiger partial charge in [0.15, 0.2) is 23.0 Å². The maximum Gasteiger partial charge on any atom is 0.522 e.